The van der Waals surface area contributed by atoms with Crippen molar-refractivity contribution >= 4 is 34.6 Å². The Morgan fingerprint density at radius 1 is 0.935 bits per heavy atom. The number of rotatable bonds is 2. The molecule has 156 valence electrons. The molecule has 0 aromatic heterocycles. The summed E-state index contributed by atoms with van der Waals surface area (Å²) in [7, 11) is 0. The first kappa shape index (κ1) is 19.8. The molecule has 3 aromatic carbocycles. The van der Waals surface area contributed by atoms with E-state index in [0.29, 0.717) is 10.7 Å². The molecule has 2 aliphatic rings. The minimum atomic E-state index is -1.06. The van der Waals surface area contributed by atoms with Gasteiger partial charge in [-0.1, -0.05) is 93.0 Å². The molecule has 1 spiro atoms. The third-order valence-corrected chi connectivity index (χ3v) is 6.46. The highest BCUT2D eigenvalue weighted by Gasteiger charge is 2.64. The second-order valence-corrected chi connectivity index (χ2v) is 9.52. The zero-order chi connectivity index (χ0) is 21.8. The summed E-state index contributed by atoms with van der Waals surface area (Å²) in [4.78, 5) is 14.0. The first-order chi connectivity index (χ1) is 14.8. The molecule has 2 aliphatic heterocycles. The number of carbonyl (C=O) groups excluding carboxylic acids is 1. The Kier molecular flexibility index (Phi) is 4.45. The fraction of sp³-hybridized carbons (Fsp3) is 0.231. The highest BCUT2D eigenvalue weighted by Crippen LogP contribution is 2.57. The van der Waals surface area contributed by atoms with Crippen molar-refractivity contribution in [2.45, 2.75) is 32.2 Å². The molecule has 1 amide bonds. The van der Waals surface area contributed by atoms with Gasteiger partial charge < -0.3 is 5.32 Å². The molecular formula is C26H24ClN3O. The molecule has 0 bridgehead atoms. The number of benzene rings is 3. The molecule has 5 heteroatoms. The Morgan fingerprint density at radius 3 is 2.23 bits per heavy atom. The molecule has 0 saturated heterocycles. The van der Waals surface area contributed by atoms with Crippen molar-refractivity contribution in [3.05, 3.63) is 95.0 Å². The topological polar surface area (TPSA) is 44.7 Å². The minimum Gasteiger partial charge on any atom is -0.322 e. The van der Waals surface area contributed by atoms with Gasteiger partial charge in [-0.2, -0.15) is 5.10 Å². The van der Waals surface area contributed by atoms with Gasteiger partial charge in [0, 0.05) is 11.0 Å². The number of nitrogens with zero attached hydrogens (tertiary/aromatic N) is 2. The summed E-state index contributed by atoms with van der Waals surface area (Å²) < 4.78 is 0. The van der Waals surface area contributed by atoms with E-state index in [1.807, 2.05) is 71.7 Å². The van der Waals surface area contributed by atoms with E-state index in [0.717, 1.165) is 22.5 Å². The van der Waals surface area contributed by atoms with Crippen LogP contribution in [0.1, 0.15) is 37.8 Å². The van der Waals surface area contributed by atoms with Gasteiger partial charge in [0.1, 0.15) is 0 Å². The van der Waals surface area contributed by atoms with Crippen molar-refractivity contribution < 1.29 is 4.79 Å². The number of hydrogen-bond acceptors (Lipinski definition) is 3. The van der Waals surface area contributed by atoms with Crippen molar-refractivity contribution in [2.24, 2.45) is 10.5 Å². The van der Waals surface area contributed by atoms with Crippen LogP contribution in [0.15, 0.2) is 84.0 Å². The second kappa shape index (κ2) is 6.96. The molecule has 0 radical (unpaired) electrons. The normalized spacial score (nSPS) is 22.5. The molecular weight excluding hydrogens is 406 g/mol. The summed E-state index contributed by atoms with van der Waals surface area (Å²) in [5, 5.41) is 10.7. The Bertz CT molecular complexity index is 1180. The lowest BCUT2D eigenvalue weighted by Gasteiger charge is -2.38. The van der Waals surface area contributed by atoms with Crippen molar-refractivity contribution in [1.82, 2.24) is 0 Å². The molecule has 31 heavy (non-hydrogen) atoms. The van der Waals surface area contributed by atoms with Gasteiger partial charge in [-0.25, -0.2) is 5.01 Å². The van der Waals surface area contributed by atoms with Crippen LogP contribution in [0.2, 0.25) is 5.02 Å². The second-order valence-electron chi connectivity index (χ2n) is 9.11. The largest absolute Gasteiger partial charge is 0.322 e. The van der Waals surface area contributed by atoms with Crippen molar-refractivity contribution in [3.8, 4) is 0 Å². The maximum absolute atomic E-state index is 14.0. The lowest BCUT2D eigenvalue weighted by atomic mass is 9.68. The number of carbonyl (C=O) groups is 1. The summed E-state index contributed by atoms with van der Waals surface area (Å²) in [5.74, 6) is -0.384. The van der Waals surface area contributed by atoms with E-state index in [1.165, 1.54) is 0 Å². The lowest BCUT2D eigenvalue weighted by Crippen LogP contribution is -2.51. The van der Waals surface area contributed by atoms with Gasteiger partial charge in [-0.3, -0.25) is 4.79 Å². The fourth-order valence-corrected chi connectivity index (χ4v) is 5.04. The van der Waals surface area contributed by atoms with Gasteiger partial charge in [0.05, 0.1) is 28.0 Å². The Balaban J connectivity index is 1.87. The third kappa shape index (κ3) is 2.82. The van der Waals surface area contributed by atoms with Gasteiger partial charge in [0.15, 0.2) is 5.54 Å². The molecule has 1 N–H and O–H groups in total. The number of fused-ring (bicyclic) bond motifs is 2. The SMILES string of the molecule is CC(C)(C)C1=NN(c2ccccc2)[C@]2(C(=O)Nc3c(Cl)cccc32)[C@H]1c1ccccc1. The van der Waals surface area contributed by atoms with Gasteiger partial charge in [-0.05, 0) is 23.8 Å². The monoisotopic (exact) mass is 429 g/mol. The number of para-hydroxylation sites is 2. The zero-order valence-corrected chi connectivity index (χ0v) is 18.5. The first-order valence-corrected chi connectivity index (χ1v) is 10.8. The minimum absolute atomic E-state index is 0.115. The number of hydrazone groups is 1. The maximum atomic E-state index is 14.0. The predicted octanol–water partition coefficient (Wildman–Crippen LogP) is 6.19. The van der Waals surface area contributed by atoms with Crippen LogP contribution in [0.3, 0.4) is 0 Å². The van der Waals surface area contributed by atoms with Crippen LogP contribution in [0.5, 0.6) is 0 Å². The molecule has 0 aliphatic carbocycles. The van der Waals surface area contributed by atoms with Crippen molar-refractivity contribution in [2.75, 3.05) is 10.3 Å². The third-order valence-electron chi connectivity index (χ3n) is 6.14. The number of nitrogens with one attached hydrogen (secondary N) is 1. The van der Waals surface area contributed by atoms with E-state index >= 15 is 0 Å². The van der Waals surface area contributed by atoms with E-state index in [2.05, 4.69) is 38.2 Å². The van der Waals surface area contributed by atoms with Gasteiger partial charge in [0.2, 0.25) is 0 Å². The van der Waals surface area contributed by atoms with Gasteiger partial charge in [-0.15, -0.1) is 0 Å². The highest BCUT2D eigenvalue weighted by atomic mass is 35.5. The number of halogens is 1. The molecule has 3 aromatic rings. The molecule has 0 unspecified atom stereocenters. The number of hydrogen-bond donors (Lipinski definition) is 1. The van der Waals surface area contributed by atoms with E-state index < -0.39 is 5.54 Å². The molecule has 2 atom stereocenters. The van der Waals surface area contributed by atoms with Crippen LogP contribution in [0, 0.1) is 5.41 Å². The van der Waals surface area contributed by atoms with Gasteiger partial charge >= 0.3 is 0 Å². The standard InChI is InChI=1S/C26H24ClN3O/c1-25(2,3)23-21(17-11-6-4-7-12-17)26(30(29-23)18-13-8-5-9-14-18)19-15-10-16-20(27)22(19)28-24(26)31/h4-16,21H,1-3H3,(H,28,31)/t21-,26-/m0/s1. The Labute approximate surface area is 187 Å². The smallest absolute Gasteiger partial charge is 0.258 e. The first-order valence-electron chi connectivity index (χ1n) is 10.4. The number of anilines is 2. The average molecular weight is 430 g/mol. The van der Waals surface area contributed by atoms with E-state index in [1.54, 1.807) is 0 Å². The summed E-state index contributed by atoms with van der Waals surface area (Å²) in [6.07, 6.45) is 0. The summed E-state index contributed by atoms with van der Waals surface area (Å²) in [6, 6.07) is 25.8. The Morgan fingerprint density at radius 2 is 1.58 bits per heavy atom. The van der Waals surface area contributed by atoms with Crippen molar-refractivity contribution in [3.63, 3.8) is 0 Å². The number of amides is 1. The van der Waals surface area contributed by atoms with Crippen LogP contribution in [0.4, 0.5) is 11.4 Å². The Hall–Kier alpha value is -3.11. The van der Waals surface area contributed by atoms with Crippen LogP contribution < -0.4 is 10.3 Å². The van der Waals surface area contributed by atoms with Crippen molar-refractivity contribution in [1.29, 1.82) is 0 Å². The van der Waals surface area contributed by atoms with E-state index in [9.17, 15) is 4.79 Å². The summed E-state index contributed by atoms with van der Waals surface area (Å²) >= 11 is 6.54. The van der Waals surface area contributed by atoms with Crippen LogP contribution >= 0.6 is 11.6 Å². The molecule has 0 saturated carbocycles. The van der Waals surface area contributed by atoms with Gasteiger partial charge in [0.25, 0.3) is 5.91 Å². The molecule has 0 fully saturated rings. The molecule has 2 heterocycles. The fourth-order valence-electron chi connectivity index (χ4n) is 4.82. The molecule has 5 rings (SSSR count). The maximum Gasteiger partial charge on any atom is 0.258 e. The average Bonchev–Trinajstić information content (AvgIpc) is 3.27. The van der Waals surface area contributed by atoms with Crippen LogP contribution in [-0.2, 0) is 10.3 Å². The van der Waals surface area contributed by atoms with Crippen LogP contribution in [-0.4, -0.2) is 11.6 Å². The predicted molar refractivity (Wildman–Crippen MR) is 127 cm³/mol. The quantitative estimate of drug-likeness (QED) is 0.527. The van der Waals surface area contributed by atoms with E-state index in [4.69, 9.17) is 16.7 Å². The molecule has 4 nitrogen and oxygen atoms in total. The highest BCUT2D eigenvalue weighted by molar-refractivity contribution is 6.35. The zero-order valence-electron chi connectivity index (χ0n) is 17.8. The summed E-state index contributed by atoms with van der Waals surface area (Å²) in [5.41, 5.74) is 3.09. The lowest BCUT2D eigenvalue weighted by molar-refractivity contribution is -0.120. The van der Waals surface area contributed by atoms with E-state index in [-0.39, 0.29) is 17.2 Å². The summed E-state index contributed by atoms with van der Waals surface area (Å²) in [6.45, 7) is 6.45. The van der Waals surface area contributed by atoms with Crippen LogP contribution in [0.25, 0.3) is 0 Å².